The van der Waals surface area contributed by atoms with Gasteiger partial charge in [-0.1, -0.05) is 18.1 Å². The van der Waals surface area contributed by atoms with Gasteiger partial charge in [0, 0.05) is 66.2 Å². The summed E-state index contributed by atoms with van der Waals surface area (Å²) < 4.78 is 48.9. The standard InChI is InChI=1S/C46H45FN10O6S/c1-26-20-34(21-27(2)40(26)47)57-41(55-17-16-54(45(55)60)33-7-9-35(10-8-33)64(5,61)49-25-48)39-29(4)53(15-12-36(39)51-57)42(58)38-23-32-22-31(30-13-18-62-19-14-30)6-11-37(32)56(38)46(24-28(46)3)43-50-44(59)63-52-43/h6-11,16-17,20-23,28-30H,12-15,18-19,24H2,1-5H3,(H,50,52,59)/t28-,29-,46-,64?/m0/s1. The lowest BCUT2D eigenvalue weighted by Gasteiger charge is -2.34. The van der Waals surface area contributed by atoms with Crippen molar-refractivity contribution in [3.05, 3.63) is 139 Å². The number of aromatic amines is 1. The van der Waals surface area contributed by atoms with Crippen LogP contribution >= 0.6 is 0 Å². The third-order valence-electron chi connectivity index (χ3n) is 13.4. The molecular formula is C46H45FN10O6S. The molecule has 1 amide bonds. The van der Waals surface area contributed by atoms with Gasteiger partial charge in [-0.3, -0.25) is 23.4 Å². The summed E-state index contributed by atoms with van der Waals surface area (Å²) in [6.45, 7) is 9.02. The van der Waals surface area contributed by atoms with Crippen LogP contribution in [0.3, 0.4) is 0 Å². The molecule has 18 heteroatoms. The van der Waals surface area contributed by atoms with Crippen LogP contribution in [0.5, 0.6) is 0 Å². The highest BCUT2D eigenvalue weighted by Crippen LogP contribution is 2.56. The molecule has 64 heavy (non-hydrogen) atoms. The lowest BCUT2D eigenvalue weighted by Crippen LogP contribution is -2.41. The van der Waals surface area contributed by atoms with E-state index in [1.807, 2.05) is 17.6 Å². The molecule has 7 aromatic rings. The predicted molar refractivity (Wildman–Crippen MR) is 234 cm³/mol. The van der Waals surface area contributed by atoms with Crippen LogP contribution < -0.4 is 11.4 Å². The molecule has 16 nitrogen and oxygen atoms in total. The number of H-pyrrole nitrogens is 1. The molecule has 0 spiro atoms. The van der Waals surface area contributed by atoms with Crippen molar-refractivity contribution in [3.8, 4) is 23.4 Å². The first-order valence-corrected chi connectivity index (χ1v) is 23.1. The predicted octanol–water partition coefficient (Wildman–Crippen LogP) is 6.58. The number of carbonyl (C=O) groups is 1. The summed E-state index contributed by atoms with van der Waals surface area (Å²) in [5, 5.41) is 19.2. The first kappa shape index (κ1) is 41.2. The zero-order valence-corrected chi connectivity index (χ0v) is 36.7. The number of nitrogens with one attached hydrogen (secondary N) is 1. The Labute approximate surface area is 366 Å². The molecule has 2 aliphatic heterocycles. The Kier molecular flexibility index (Phi) is 9.76. The average Bonchev–Trinajstić information content (AvgIpc) is 3.78. The Bertz CT molecular complexity index is 3310. The van der Waals surface area contributed by atoms with Crippen LogP contribution in [-0.2, 0) is 26.4 Å². The molecule has 6 heterocycles. The van der Waals surface area contributed by atoms with Crippen molar-refractivity contribution in [2.45, 2.75) is 75.8 Å². The van der Waals surface area contributed by atoms with Gasteiger partial charge >= 0.3 is 11.4 Å². The van der Waals surface area contributed by atoms with Crippen molar-refractivity contribution in [2.75, 3.05) is 26.0 Å². The van der Waals surface area contributed by atoms with E-state index < -0.39 is 32.8 Å². The highest BCUT2D eigenvalue weighted by molar-refractivity contribution is 7.93. The lowest BCUT2D eigenvalue weighted by atomic mass is 9.91. The van der Waals surface area contributed by atoms with Gasteiger partial charge in [0.1, 0.15) is 22.9 Å². The second-order valence-corrected chi connectivity index (χ2v) is 19.5. The van der Waals surface area contributed by atoms with Crippen LogP contribution in [0.25, 0.3) is 28.1 Å². The number of hydrogen-bond acceptors (Lipinski definition) is 10. The number of nitriles is 1. The smallest absolute Gasteiger partial charge is 0.381 e. The zero-order chi connectivity index (χ0) is 44.8. The van der Waals surface area contributed by atoms with Crippen molar-refractivity contribution in [1.82, 2.24) is 38.5 Å². The van der Waals surface area contributed by atoms with Crippen LogP contribution in [0.1, 0.15) is 89.3 Å². The van der Waals surface area contributed by atoms with E-state index >= 15 is 9.18 Å². The topological polar surface area (TPSA) is 191 Å². The zero-order valence-electron chi connectivity index (χ0n) is 35.9. The maximum atomic E-state index is 15.4. The number of fused-ring (bicyclic) bond motifs is 2. The SMILES string of the molecule is Cc1cc(-n2nc3c(c2-n2ccn(-c4ccc(S(C)(=O)=NC#N)cc4)c2=O)[C@H](C)N(C(=O)c2cc4cc(C5CCOCC5)ccc4n2[C@@]2(c4noc(=O)[nH]4)C[C@@H]2C)CC3)cc(C)c1F. The van der Waals surface area contributed by atoms with Crippen LogP contribution in [0.4, 0.5) is 4.39 Å². The molecule has 1 unspecified atom stereocenters. The number of hydrogen-bond donors (Lipinski definition) is 1. The number of nitrogens with zero attached hydrogens (tertiary/aromatic N) is 9. The van der Waals surface area contributed by atoms with Gasteiger partial charge in [-0.05, 0) is 123 Å². The highest BCUT2D eigenvalue weighted by Gasteiger charge is 2.59. The molecular weight excluding hydrogens is 840 g/mol. The summed E-state index contributed by atoms with van der Waals surface area (Å²) in [6, 6.07) is 17.4. The minimum absolute atomic E-state index is 0.00846. The maximum Gasteiger partial charge on any atom is 0.438 e. The molecule has 10 rings (SSSR count). The van der Waals surface area contributed by atoms with E-state index in [2.05, 4.69) is 39.6 Å². The molecule has 1 aliphatic carbocycles. The van der Waals surface area contributed by atoms with Gasteiger partial charge < -0.3 is 14.2 Å². The Morgan fingerprint density at radius 2 is 1.70 bits per heavy atom. The number of rotatable bonds is 8. The van der Waals surface area contributed by atoms with Gasteiger partial charge in [0.2, 0.25) is 6.19 Å². The molecule has 3 aliphatic rings. The molecule has 328 valence electrons. The monoisotopic (exact) mass is 884 g/mol. The van der Waals surface area contributed by atoms with Crippen LogP contribution in [0.2, 0.25) is 0 Å². The number of imidazole rings is 1. The molecule has 4 atom stereocenters. The summed E-state index contributed by atoms with van der Waals surface area (Å²) in [4.78, 5) is 47.4. The van der Waals surface area contributed by atoms with Crippen molar-refractivity contribution in [1.29, 1.82) is 5.26 Å². The minimum atomic E-state index is -2.96. The molecule has 1 saturated carbocycles. The van der Waals surface area contributed by atoms with Crippen molar-refractivity contribution in [3.63, 3.8) is 0 Å². The molecule has 1 N–H and O–H groups in total. The van der Waals surface area contributed by atoms with E-state index in [0.29, 0.717) is 94.5 Å². The second-order valence-electron chi connectivity index (χ2n) is 17.3. The number of amides is 1. The highest BCUT2D eigenvalue weighted by atomic mass is 32.2. The molecule has 3 aromatic carbocycles. The van der Waals surface area contributed by atoms with Gasteiger partial charge in [0.05, 0.1) is 32.8 Å². The van der Waals surface area contributed by atoms with Gasteiger partial charge in [-0.2, -0.15) is 10.4 Å². The van der Waals surface area contributed by atoms with E-state index in [9.17, 15) is 13.8 Å². The minimum Gasteiger partial charge on any atom is -0.381 e. The van der Waals surface area contributed by atoms with E-state index in [1.165, 1.54) is 21.0 Å². The second kappa shape index (κ2) is 15.2. The van der Waals surface area contributed by atoms with E-state index in [0.717, 1.165) is 23.7 Å². The fraction of sp³-hybridized carbons (Fsp3) is 0.348. The summed E-state index contributed by atoms with van der Waals surface area (Å²) in [5.41, 5.74) is 4.30. The first-order chi connectivity index (χ1) is 30.7. The Morgan fingerprint density at radius 3 is 2.36 bits per heavy atom. The quantitative estimate of drug-likeness (QED) is 0.164. The average molecular weight is 885 g/mol. The number of aryl methyl sites for hydroxylation is 2. The van der Waals surface area contributed by atoms with Crippen molar-refractivity contribution >= 4 is 26.5 Å². The van der Waals surface area contributed by atoms with Crippen molar-refractivity contribution < 1.29 is 22.7 Å². The molecule has 0 radical (unpaired) electrons. The fourth-order valence-corrected chi connectivity index (χ4v) is 10.8. The van der Waals surface area contributed by atoms with Crippen LogP contribution in [-0.4, -0.2) is 74.7 Å². The van der Waals surface area contributed by atoms with Gasteiger partial charge in [0.15, 0.2) is 5.82 Å². The molecule has 2 fully saturated rings. The maximum absolute atomic E-state index is 15.4. The van der Waals surface area contributed by atoms with Crippen LogP contribution in [0, 0.1) is 37.0 Å². The number of aromatic nitrogens is 7. The summed E-state index contributed by atoms with van der Waals surface area (Å²) in [7, 11) is -2.96. The number of halogens is 1. The Hall–Kier alpha value is -6.84. The van der Waals surface area contributed by atoms with E-state index in [4.69, 9.17) is 19.6 Å². The third-order valence-corrected chi connectivity index (χ3v) is 15.0. The Balaban J connectivity index is 1.11. The van der Waals surface area contributed by atoms with Gasteiger partial charge in [-0.15, -0.1) is 4.36 Å². The number of carbonyl (C=O) groups excluding carboxylic acids is 1. The van der Waals surface area contributed by atoms with E-state index in [1.54, 1.807) is 78.4 Å². The van der Waals surface area contributed by atoms with E-state index in [-0.39, 0.29) is 17.6 Å². The summed E-state index contributed by atoms with van der Waals surface area (Å²) in [6.07, 6.45) is 9.00. The van der Waals surface area contributed by atoms with Crippen molar-refractivity contribution in [2.24, 2.45) is 10.3 Å². The van der Waals surface area contributed by atoms with Gasteiger partial charge in [0.25, 0.3) is 5.91 Å². The summed E-state index contributed by atoms with van der Waals surface area (Å²) in [5.74, 6) is -0.190. The largest absolute Gasteiger partial charge is 0.438 e. The summed E-state index contributed by atoms with van der Waals surface area (Å²) >= 11 is 0. The molecule has 0 bridgehead atoms. The Morgan fingerprint density at radius 1 is 1.00 bits per heavy atom. The fourth-order valence-electron chi connectivity index (χ4n) is 9.94. The van der Waals surface area contributed by atoms with Crippen LogP contribution in [0.15, 0.2) is 96.4 Å². The lowest BCUT2D eigenvalue weighted by molar-refractivity contribution is 0.0663. The number of benzene rings is 3. The normalized spacial score (nSPS) is 20.8. The first-order valence-electron chi connectivity index (χ1n) is 21.2. The number of ether oxygens (including phenoxy) is 1. The van der Waals surface area contributed by atoms with Gasteiger partial charge in [-0.25, -0.2) is 22.9 Å². The molecule has 1 saturated heterocycles. The third kappa shape index (κ3) is 6.47. The molecule has 4 aromatic heterocycles.